The number of carbonyl (C=O) groups excluding carboxylic acids is 1. The van der Waals surface area contributed by atoms with Crippen molar-refractivity contribution >= 4 is 34.0 Å². The van der Waals surface area contributed by atoms with Crippen LogP contribution < -0.4 is 15.5 Å². The molecule has 0 bridgehead atoms. The monoisotopic (exact) mass is 432 g/mol. The average molecular weight is 433 g/mol. The molecule has 0 unspecified atom stereocenters. The van der Waals surface area contributed by atoms with Crippen LogP contribution in [0.15, 0.2) is 30.7 Å². The van der Waals surface area contributed by atoms with Crippen LogP contribution in [0.3, 0.4) is 0 Å². The molecule has 4 heterocycles. The van der Waals surface area contributed by atoms with Gasteiger partial charge in [-0.25, -0.2) is 4.98 Å². The molecule has 9 heteroatoms. The SMILES string of the molecule is CCNCC1CN(c2ccc(C(=O)Nc3cn4cc(C)nc(C)c4n3)c3nn(C)cc23)C1. The highest BCUT2D eigenvalue weighted by Crippen LogP contribution is 2.33. The van der Waals surface area contributed by atoms with Crippen molar-refractivity contribution in [2.45, 2.75) is 20.8 Å². The van der Waals surface area contributed by atoms with Gasteiger partial charge in [0, 0.05) is 56.1 Å². The molecular formula is C23H28N8O. The van der Waals surface area contributed by atoms with Crippen molar-refractivity contribution < 1.29 is 4.79 Å². The number of aromatic nitrogens is 5. The van der Waals surface area contributed by atoms with E-state index in [-0.39, 0.29) is 5.91 Å². The Morgan fingerprint density at radius 1 is 1.16 bits per heavy atom. The highest BCUT2D eigenvalue weighted by Gasteiger charge is 2.29. The summed E-state index contributed by atoms with van der Waals surface area (Å²) in [4.78, 5) is 24.5. The summed E-state index contributed by atoms with van der Waals surface area (Å²) in [5.41, 5.74) is 4.82. The molecule has 0 aliphatic carbocycles. The number of hydrogen-bond acceptors (Lipinski definition) is 6. The Kier molecular flexibility index (Phi) is 5.05. The number of nitrogens with one attached hydrogen (secondary N) is 2. The van der Waals surface area contributed by atoms with Gasteiger partial charge in [-0.2, -0.15) is 5.10 Å². The zero-order valence-electron chi connectivity index (χ0n) is 18.9. The van der Waals surface area contributed by atoms with Crippen molar-refractivity contribution in [3.05, 3.63) is 47.7 Å². The molecule has 0 radical (unpaired) electrons. The smallest absolute Gasteiger partial charge is 0.259 e. The fourth-order valence-corrected chi connectivity index (χ4v) is 4.46. The van der Waals surface area contributed by atoms with Gasteiger partial charge < -0.3 is 19.9 Å². The van der Waals surface area contributed by atoms with Crippen LogP contribution in [0, 0.1) is 19.8 Å². The predicted octanol–water partition coefficient (Wildman–Crippen LogP) is 2.53. The fourth-order valence-electron chi connectivity index (χ4n) is 4.46. The van der Waals surface area contributed by atoms with Crippen molar-refractivity contribution in [3.8, 4) is 0 Å². The van der Waals surface area contributed by atoms with Gasteiger partial charge in [-0.3, -0.25) is 14.5 Å². The molecule has 0 saturated carbocycles. The number of amides is 1. The number of aryl methyl sites for hydroxylation is 3. The highest BCUT2D eigenvalue weighted by atomic mass is 16.1. The average Bonchev–Trinajstić information content (AvgIpc) is 3.29. The van der Waals surface area contributed by atoms with Gasteiger partial charge in [0.15, 0.2) is 11.5 Å². The molecule has 0 spiro atoms. The third-order valence-corrected chi connectivity index (χ3v) is 5.96. The van der Waals surface area contributed by atoms with Gasteiger partial charge in [-0.1, -0.05) is 6.92 Å². The van der Waals surface area contributed by atoms with Crippen LogP contribution in [0.2, 0.25) is 0 Å². The maximum atomic E-state index is 13.2. The van der Waals surface area contributed by atoms with E-state index in [0.717, 1.165) is 54.3 Å². The summed E-state index contributed by atoms with van der Waals surface area (Å²) in [6.45, 7) is 10.0. The lowest BCUT2D eigenvalue weighted by molar-refractivity contribution is 0.102. The topological polar surface area (TPSA) is 92.4 Å². The quantitative estimate of drug-likeness (QED) is 0.486. The zero-order valence-corrected chi connectivity index (χ0v) is 18.9. The molecule has 1 aromatic carbocycles. The normalized spacial score (nSPS) is 14.3. The summed E-state index contributed by atoms with van der Waals surface area (Å²) in [5.74, 6) is 0.925. The minimum absolute atomic E-state index is 0.223. The molecule has 0 atom stereocenters. The van der Waals surface area contributed by atoms with E-state index in [1.165, 1.54) is 0 Å². The Labute approximate surface area is 186 Å². The number of rotatable bonds is 6. The van der Waals surface area contributed by atoms with Crippen molar-refractivity contribution in [3.63, 3.8) is 0 Å². The van der Waals surface area contributed by atoms with Crippen molar-refractivity contribution in [1.29, 1.82) is 0 Å². The van der Waals surface area contributed by atoms with Crippen molar-refractivity contribution in [2.24, 2.45) is 13.0 Å². The molecule has 1 aliphatic heterocycles. The molecule has 1 fully saturated rings. The minimum Gasteiger partial charge on any atom is -0.370 e. The van der Waals surface area contributed by atoms with Crippen LogP contribution in [0.4, 0.5) is 11.5 Å². The van der Waals surface area contributed by atoms with Crippen LogP contribution in [0.25, 0.3) is 16.6 Å². The predicted molar refractivity (Wildman–Crippen MR) is 125 cm³/mol. The number of hydrogen-bond donors (Lipinski definition) is 2. The van der Waals surface area contributed by atoms with Crippen LogP contribution in [0.1, 0.15) is 28.7 Å². The van der Waals surface area contributed by atoms with Crippen LogP contribution in [-0.4, -0.2) is 56.2 Å². The molecule has 4 aromatic rings. The molecule has 32 heavy (non-hydrogen) atoms. The molecule has 5 rings (SSSR count). The number of carbonyl (C=O) groups is 1. The summed E-state index contributed by atoms with van der Waals surface area (Å²) in [7, 11) is 1.88. The molecule has 166 valence electrons. The summed E-state index contributed by atoms with van der Waals surface area (Å²) in [6.07, 6.45) is 5.69. The number of fused-ring (bicyclic) bond motifs is 2. The molecule has 2 N–H and O–H groups in total. The van der Waals surface area contributed by atoms with Gasteiger partial charge in [0.05, 0.1) is 23.1 Å². The van der Waals surface area contributed by atoms with E-state index in [4.69, 9.17) is 0 Å². The van der Waals surface area contributed by atoms with E-state index in [1.54, 1.807) is 4.68 Å². The standard InChI is InChI=1S/C23H28N8O/c1-5-24-8-16-10-30(11-16)19-7-6-17(21-18(19)12-29(4)28-21)23(32)27-20-13-31-9-14(2)25-15(3)22(31)26-20/h6-7,9,12-13,16,24H,5,8,10-11H2,1-4H3,(H,27,32). The van der Waals surface area contributed by atoms with Gasteiger partial charge in [0.25, 0.3) is 5.91 Å². The first kappa shape index (κ1) is 20.4. The van der Waals surface area contributed by atoms with Gasteiger partial charge in [0.1, 0.15) is 5.52 Å². The molecule has 1 amide bonds. The van der Waals surface area contributed by atoms with Gasteiger partial charge >= 0.3 is 0 Å². The van der Waals surface area contributed by atoms with Crippen LogP contribution in [0.5, 0.6) is 0 Å². The summed E-state index contributed by atoms with van der Waals surface area (Å²) in [5, 5.41) is 11.9. The first-order valence-electron chi connectivity index (χ1n) is 11.0. The zero-order chi connectivity index (χ0) is 22.4. The lowest BCUT2D eigenvalue weighted by atomic mass is 9.97. The first-order chi connectivity index (χ1) is 15.4. The van der Waals surface area contributed by atoms with E-state index in [1.807, 2.05) is 56.0 Å². The molecule has 1 saturated heterocycles. The minimum atomic E-state index is -0.223. The number of nitrogens with zero attached hydrogens (tertiary/aromatic N) is 6. The Hall–Kier alpha value is -3.46. The van der Waals surface area contributed by atoms with E-state index in [2.05, 4.69) is 37.5 Å². The lowest BCUT2D eigenvalue weighted by Gasteiger charge is -2.41. The second-order valence-corrected chi connectivity index (χ2v) is 8.55. The largest absolute Gasteiger partial charge is 0.370 e. The van der Waals surface area contributed by atoms with Crippen LogP contribution in [-0.2, 0) is 7.05 Å². The van der Waals surface area contributed by atoms with E-state index >= 15 is 0 Å². The molecule has 1 aliphatic rings. The maximum Gasteiger partial charge on any atom is 0.259 e. The molecule has 3 aromatic heterocycles. The first-order valence-corrected chi connectivity index (χ1v) is 11.0. The number of anilines is 2. The Bertz CT molecular complexity index is 1310. The van der Waals surface area contributed by atoms with Crippen molar-refractivity contribution in [2.75, 3.05) is 36.4 Å². The highest BCUT2D eigenvalue weighted by molar-refractivity contribution is 6.13. The summed E-state index contributed by atoms with van der Waals surface area (Å²) < 4.78 is 3.66. The van der Waals surface area contributed by atoms with E-state index < -0.39 is 0 Å². The van der Waals surface area contributed by atoms with E-state index in [9.17, 15) is 4.79 Å². The number of imidazole rings is 1. The third-order valence-electron chi connectivity index (χ3n) is 5.96. The van der Waals surface area contributed by atoms with Gasteiger partial charge in [-0.15, -0.1) is 0 Å². The second kappa shape index (κ2) is 7.90. The van der Waals surface area contributed by atoms with Gasteiger partial charge in [-0.05, 0) is 32.5 Å². The summed E-state index contributed by atoms with van der Waals surface area (Å²) >= 11 is 0. The second-order valence-electron chi connectivity index (χ2n) is 8.55. The number of benzene rings is 1. The van der Waals surface area contributed by atoms with Gasteiger partial charge in [0.2, 0.25) is 0 Å². The molecular weight excluding hydrogens is 404 g/mol. The molecule has 9 nitrogen and oxygen atoms in total. The van der Waals surface area contributed by atoms with Crippen LogP contribution >= 0.6 is 0 Å². The Balaban J connectivity index is 1.41. The third kappa shape index (κ3) is 3.58. The maximum absolute atomic E-state index is 13.2. The Morgan fingerprint density at radius 2 is 1.97 bits per heavy atom. The fraction of sp³-hybridized carbons (Fsp3) is 0.391. The summed E-state index contributed by atoms with van der Waals surface area (Å²) in [6, 6.07) is 3.90. The van der Waals surface area contributed by atoms with E-state index in [0.29, 0.717) is 22.8 Å². The Morgan fingerprint density at radius 3 is 2.75 bits per heavy atom. The van der Waals surface area contributed by atoms with Crippen molar-refractivity contribution in [1.82, 2.24) is 29.5 Å². The lowest BCUT2D eigenvalue weighted by Crippen LogP contribution is -2.50.